The molecule has 1 aliphatic rings. The van der Waals surface area contributed by atoms with E-state index < -0.39 is 29.5 Å². The van der Waals surface area contributed by atoms with Gasteiger partial charge in [-0.05, 0) is 18.6 Å². The molecule has 0 unspecified atom stereocenters. The van der Waals surface area contributed by atoms with Crippen molar-refractivity contribution < 1.29 is 24.6 Å². The highest BCUT2D eigenvalue weighted by Gasteiger charge is 2.42. The minimum Gasteiger partial charge on any atom is -0.503 e. The van der Waals surface area contributed by atoms with E-state index in [0.717, 1.165) is 4.90 Å². The molecule has 1 atom stereocenters. The lowest BCUT2D eigenvalue weighted by Gasteiger charge is -2.26. The first-order chi connectivity index (χ1) is 10.3. The van der Waals surface area contributed by atoms with E-state index in [4.69, 9.17) is 16.7 Å². The number of halogens is 1. The van der Waals surface area contributed by atoms with E-state index >= 15 is 0 Å². The van der Waals surface area contributed by atoms with Gasteiger partial charge in [-0.2, -0.15) is 0 Å². The molecule has 7 heteroatoms. The van der Waals surface area contributed by atoms with E-state index in [9.17, 15) is 19.5 Å². The molecule has 2 N–H and O–H groups in total. The van der Waals surface area contributed by atoms with Crippen LogP contribution in [0, 0.1) is 0 Å². The SMILES string of the molecule is CC(=O)C1=C(O)C(=O)N(CCC(=O)O)[C@@H]1c1ccccc1Cl. The van der Waals surface area contributed by atoms with Gasteiger partial charge in [-0.15, -0.1) is 0 Å². The molecule has 0 saturated carbocycles. The van der Waals surface area contributed by atoms with Crippen LogP contribution in [0.1, 0.15) is 24.9 Å². The van der Waals surface area contributed by atoms with Gasteiger partial charge < -0.3 is 15.1 Å². The largest absolute Gasteiger partial charge is 0.503 e. The Kier molecular flexibility index (Phi) is 4.51. The molecule has 0 radical (unpaired) electrons. The average molecular weight is 324 g/mol. The third kappa shape index (κ3) is 2.82. The van der Waals surface area contributed by atoms with E-state index in [2.05, 4.69) is 0 Å². The minimum absolute atomic E-state index is 0.0662. The number of carboxylic acid groups (broad SMARTS) is 1. The second kappa shape index (κ2) is 6.19. The Morgan fingerprint density at radius 3 is 2.50 bits per heavy atom. The molecule has 1 aromatic rings. The number of nitrogens with zero attached hydrogens (tertiary/aromatic N) is 1. The monoisotopic (exact) mass is 323 g/mol. The van der Waals surface area contributed by atoms with Crippen LogP contribution in [0.4, 0.5) is 0 Å². The molecule has 1 aromatic carbocycles. The van der Waals surface area contributed by atoms with E-state index in [1.165, 1.54) is 6.92 Å². The first-order valence-electron chi connectivity index (χ1n) is 6.55. The fraction of sp³-hybridized carbons (Fsp3) is 0.267. The third-order valence-corrected chi connectivity index (χ3v) is 3.79. The molecular formula is C15H14ClNO5. The van der Waals surface area contributed by atoms with Crippen molar-refractivity contribution in [3.63, 3.8) is 0 Å². The van der Waals surface area contributed by atoms with E-state index in [0.29, 0.717) is 10.6 Å². The van der Waals surface area contributed by atoms with Crippen molar-refractivity contribution in [3.05, 3.63) is 46.2 Å². The predicted octanol–water partition coefficient (Wildman–Crippen LogP) is 2.10. The highest BCUT2D eigenvalue weighted by atomic mass is 35.5. The number of hydrogen-bond acceptors (Lipinski definition) is 4. The van der Waals surface area contributed by atoms with Gasteiger partial charge in [0.25, 0.3) is 5.91 Å². The summed E-state index contributed by atoms with van der Waals surface area (Å²) in [6.07, 6.45) is -0.300. The number of ketones is 1. The van der Waals surface area contributed by atoms with Crippen molar-refractivity contribution >= 4 is 29.3 Å². The second-order valence-corrected chi connectivity index (χ2v) is 5.29. The molecule has 1 amide bonds. The van der Waals surface area contributed by atoms with Crippen molar-refractivity contribution in [2.75, 3.05) is 6.54 Å². The number of rotatable bonds is 5. The Morgan fingerprint density at radius 2 is 1.95 bits per heavy atom. The fourth-order valence-electron chi connectivity index (χ4n) is 2.48. The summed E-state index contributed by atoms with van der Waals surface area (Å²) in [4.78, 5) is 35.9. The molecule has 0 aliphatic carbocycles. The summed E-state index contributed by atoms with van der Waals surface area (Å²) in [5, 5.41) is 19.1. The molecule has 0 saturated heterocycles. The van der Waals surface area contributed by atoms with Crippen LogP contribution >= 0.6 is 11.6 Å². The number of carboxylic acids is 1. The minimum atomic E-state index is -1.08. The maximum Gasteiger partial charge on any atom is 0.305 e. The summed E-state index contributed by atoms with van der Waals surface area (Å²) < 4.78 is 0. The van der Waals surface area contributed by atoms with Crippen molar-refractivity contribution in [2.45, 2.75) is 19.4 Å². The second-order valence-electron chi connectivity index (χ2n) is 4.88. The van der Waals surface area contributed by atoms with Gasteiger partial charge in [0, 0.05) is 11.6 Å². The lowest BCUT2D eigenvalue weighted by atomic mass is 9.96. The number of aliphatic carboxylic acids is 1. The maximum absolute atomic E-state index is 12.2. The highest BCUT2D eigenvalue weighted by molar-refractivity contribution is 6.31. The highest BCUT2D eigenvalue weighted by Crippen LogP contribution is 2.40. The summed E-state index contributed by atoms with van der Waals surface area (Å²) in [5.41, 5.74) is 0.403. The van der Waals surface area contributed by atoms with E-state index in [-0.39, 0.29) is 18.5 Å². The number of carbonyl (C=O) groups excluding carboxylic acids is 2. The molecule has 22 heavy (non-hydrogen) atoms. The number of amides is 1. The van der Waals surface area contributed by atoms with Gasteiger partial charge in [-0.3, -0.25) is 14.4 Å². The number of carbonyl (C=O) groups is 3. The topological polar surface area (TPSA) is 94.9 Å². The summed E-state index contributed by atoms with van der Waals surface area (Å²) in [6.45, 7) is 1.11. The van der Waals surface area contributed by atoms with Gasteiger partial charge in [-0.1, -0.05) is 29.8 Å². The molecule has 1 aliphatic heterocycles. The first kappa shape index (κ1) is 16.0. The Bertz CT molecular complexity index is 682. The summed E-state index contributed by atoms with van der Waals surface area (Å²) >= 11 is 6.13. The van der Waals surface area contributed by atoms with Gasteiger partial charge in [0.05, 0.1) is 18.0 Å². The number of aliphatic hydroxyl groups is 1. The van der Waals surface area contributed by atoms with Crippen molar-refractivity contribution in [1.29, 1.82) is 0 Å². The molecule has 6 nitrogen and oxygen atoms in total. The molecule has 116 valence electrons. The molecule has 0 fully saturated rings. The van der Waals surface area contributed by atoms with E-state index in [1.54, 1.807) is 24.3 Å². The standard InChI is InChI=1S/C15H14ClNO5/c1-8(18)12-13(9-4-2-3-5-10(9)16)17(7-6-11(19)20)15(22)14(12)21/h2-5,13,21H,6-7H2,1H3,(H,19,20)/t13-/m1/s1. The maximum atomic E-state index is 12.2. The van der Waals surface area contributed by atoms with Crippen LogP contribution in [0.3, 0.4) is 0 Å². The van der Waals surface area contributed by atoms with Crippen LogP contribution in [0.25, 0.3) is 0 Å². The van der Waals surface area contributed by atoms with Crippen LogP contribution in [-0.4, -0.2) is 39.3 Å². The van der Waals surface area contributed by atoms with Gasteiger partial charge in [-0.25, -0.2) is 0 Å². The summed E-state index contributed by atoms with van der Waals surface area (Å²) in [5.74, 6) is -2.96. The van der Waals surface area contributed by atoms with Gasteiger partial charge in [0.15, 0.2) is 11.5 Å². The van der Waals surface area contributed by atoms with Crippen LogP contribution in [0.2, 0.25) is 5.02 Å². The lowest BCUT2D eigenvalue weighted by Crippen LogP contribution is -2.33. The van der Waals surface area contributed by atoms with Crippen LogP contribution < -0.4 is 0 Å². The Hall–Kier alpha value is -2.34. The predicted molar refractivity (Wildman–Crippen MR) is 78.5 cm³/mol. The van der Waals surface area contributed by atoms with Crippen molar-refractivity contribution in [3.8, 4) is 0 Å². The molecule has 0 aromatic heterocycles. The zero-order valence-electron chi connectivity index (χ0n) is 11.7. The smallest absolute Gasteiger partial charge is 0.305 e. The normalized spacial score (nSPS) is 18.0. The molecule has 1 heterocycles. The number of benzene rings is 1. The first-order valence-corrected chi connectivity index (χ1v) is 6.93. The summed E-state index contributed by atoms with van der Waals surface area (Å²) in [7, 11) is 0. The molecule has 0 bridgehead atoms. The lowest BCUT2D eigenvalue weighted by molar-refractivity contribution is -0.138. The Balaban J connectivity index is 2.51. The Morgan fingerprint density at radius 1 is 1.32 bits per heavy atom. The van der Waals surface area contributed by atoms with Crippen LogP contribution in [-0.2, 0) is 14.4 Å². The van der Waals surface area contributed by atoms with Gasteiger partial charge >= 0.3 is 5.97 Å². The molecule has 2 rings (SSSR count). The molecular weight excluding hydrogens is 310 g/mol. The van der Waals surface area contributed by atoms with E-state index in [1.807, 2.05) is 0 Å². The van der Waals surface area contributed by atoms with Gasteiger partial charge in [0.2, 0.25) is 0 Å². The zero-order valence-corrected chi connectivity index (χ0v) is 12.5. The number of Topliss-reactive ketones (excluding diaryl/α,β-unsaturated/α-hetero) is 1. The van der Waals surface area contributed by atoms with Crippen molar-refractivity contribution in [1.82, 2.24) is 4.90 Å². The fourth-order valence-corrected chi connectivity index (χ4v) is 2.72. The number of hydrogen-bond donors (Lipinski definition) is 2. The van der Waals surface area contributed by atoms with Crippen LogP contribution in [0.15, 0.2) is 35.6 Å². The third-order valence-electron chi connectivity index (χ3n) is 3.45. The quantitative estimate of drug-likeness (QED) is 0.865. The zero-order chi connectivity index (χ0) is 16.4. The molecule has 0 spiro atoms. The number of aliphatic hydroxyl groups excluding tert-OH is 1. The van der Waals surface area contributed by atoms with Crippen LogP contribution in [0.5, 0.6) is 0 Å². The Labute approximate surface area is 131 Å². The van der Waals surface area contributed by atoms with Gasteiger partial charge in [0.1, 0.15) is 0 Å². The van der Waals surface area contributed by atoms with Crippen molar-refractivity contribution in [2.24, 2.45) is 0 Å². The summed E-state index contributed by atoms with van der Waals surface area (Å²) in [6, 6.07) is 5.74. The average Bonchev–Trinajstić information content (AvgIpc) is 2.69.